The van der Waals surface area contributed by atoms with E-state index in [-0.39, 0.29) is 11.5 Å². The Hall–Kier alpha value is -2.63. The van der Waals surface area contributed by atoms with Gasteiger partial charge in [-0.1, -0.05) is 6.07 Å². The van der Waals surface area contributed by atoms with E-state index >= 15 is 0 Å². The summed E-state index contributed by atoms with van der Waals surface area (Å²) in [4.78, 5) is 14.3. The zero-order valence-electron chi connectivity index (χ0n) is 14.0. The maximum absolute atomic E-state index is 13.6. The van der Waals surface area contributed by atoms with Gasteiger partial charge in [0.2, 0.25) is 0 Å². The molecule has 1 saturated heterocycles. The van der Waals surface area contributed by atoms with Gasteiger partial charge in [-0.3, -0.25) is 4.79 Å². The molecule has 25 heavy (non-hydrogen) atoms. The third-order valence-electron chi connectivity index (χ3n) is 4.43. The summed E-state index contributed by atoms with van der Waals surface area (Å²) >= 11 is 0. The molecule has 0 radical (unpaired) electrons. The van der Waals surface area contributed by atoms with E-state index < -0.39 is 17.5 Å². The van der Waals surface area contributed by atoms with E-state index in [4.69, 9.17) is 4.74 Å². The topological polar surface area (TPSA) is 41.6 Å². The second-order valence-corrected chi connectivity index (χ2v) is 6.14. The van der Waals surface area contributed by atoms with Crippen molar-refractivity contribution in [3.8, 4) is 5.75 Å². The molecule has 1 N–H and O–H groups in total. The first kappa shape index (κ1) is 17.2. The Labute approximate surface area is 145 Å². The van der Waals surface area contributed by atoms with Crippen molar-refractivity contribution in [3.63, 3.8) is 0 Å². The van der Waals surface area contributed by atoms with Crippen LogP contribution in [0.3, 0.4) is 0 Å². The molecule has 132 valence electrons. The van der Waals surface area contributed by atoms with E-state index in [9.17, 15) is 13.6 Å². The van der Waals surface area contributed by atoms with Crippen LogP contribution in [-0.4, -0.2) is 32.7 Å². The first-order chi connectivity index (χ1) is 12.1. The number of carbonyl (C=O) groups is 1. The maximum Gasteiger partial charge on any atom is 0.254 e. The number of nitrogens with one attached hydrogen (secondary N) is 1. The van der Waals surface area contributed by atoms with Gasteiger partial charge in [-0.2, -0.15) is 0 Å². The van der Waals surface area contributed by atoms with E-state index in [1.807, 2.05) is 24.3 Å². The monoisotopic (exact) mass is 346 g/mol. The molecule has 0 bridgehead atoms. The number of rotatable bonds is 5. The second-order valence-electron chi connectivity index (χ2n) is 6.14. The Balaban J connectivity index is 1.55. The van der Waals surface area contributed by atoms with Gasteiger partial charge in [0.25, 0.3) is 5.91 Å². The molecular weight excluding hydrogens is 326 g/mol. The van der Waals surface area contributed by atoms with Crippen molar-refractivity contribution in [1.29, 1.82) is 0 Å². The number of hydrogen-bond acceptors (Lipinski definition) is 3. The minimum absolute atomic E-state index is 0.135. The molecule has 1 unspecified atom stereocenters. The summed E-state index contributed by atoms with van der Waals surface area (Å²) < 4.78 is 31.8. The SMILES string of the molecule is COc1cccc(N2CCC(CNC(=O)c3ccc(F)cc3F)C2)c1. The molecule has 6 heteroatoms. The minimum Gasteiger partial charge on any atom is -0.497 e. The van der Waals surface area contributed by atoms with Crippen molar-refractivity contribution in [1.82, 2.24) is 5.32 Å². The average molecular weight is 346 g/mol. The van der Waals surface area contributed by atoms with Crippen molar-refractivity contribution in [2.24, 2.45) is 5.92 Å². The second kappa shape index (κ2) is 7.51. The quantitative estimate of drug-likeness (QED) is 0.904. The highest BCUT2D eigenvalue weighted by Crippen LogP contribution is 2.26. The van der Waals surface area contributed by atoms with Crippen LogP contribution in [0, 0.1) is 17.6 Å². The third kappa shape index (κ3) is 4.07. The highest BCUT2D eigenvalue weighted by atomic mass is 19.1. The summed E-state index contributed by atoms with van der Waals surface area (Å²) in [5, 5.41) is 2.74. The van der Waals surface area contributed by atoms with Gasteiger partial charge in [0.15, 0.2) is 0 Å². The van der Waals surface area contributed by atoms with Crippen LogP contribution in [0.25, 0.3) is 0 Å². The van der Waals surface area contributed by atoms with E-state index in [0.29, 0.717) is 6.54 Å². The number of amides is 1. The zero-order valence-corrected chi connectivity index (χ0v) is 14.0. The molecule has 2 aromatic carbocycles. The molecule has 0 saturated carbocycles. The van der Waals surface area contributed by atoms with Gasteiger partial charge in [0.05, 0.1) is 12.7 Å². The highest BCUT2D eigenvalue weighted by Gasteiger charge is 2.24. The number of hydrogen-bond donors (Lipinski definition) is 1. The lowest BCUT2D eigenvalue weighted by molar-refractivity contribution is 0.0944. The maximum atomic E-state index is 13.6. The Morgan fingerprint density at radius 2 is 2.12 bits per heavy atom. The van der Waals surface area contributed by atoms with Crippen LogP contribution in [0.5, 0.6) is 5.75 Å². The van der Waals surface area contributed by atoms with Crippen LogP contribution in [0.1, 0.15) is 16.8 Å². The molecule has 2 aromatic rings. The van der Waals surface area contributed by atoms with Crippen LogP contribution in [0.15, 0.2) is 42.5 Å². The van der Waals surface area contributed by atoms with Gasteiger partial charge in [-0.05, 0) is 36.6 Å². The predicted molar refractivity (Wildman–Crippen MR) is 92.0 cm³/mol. The van der Waals surface area contributed by atoms with Gasteiger partial charge >= 0.3 is 0 Å². The fourth-order valence-electron chi connectivity index (χ4n) is 3.05. The molecule has 0 spiro atoms. The number of benzene rings is 2. The van der Waals surface area contributed by atoms with E-state index in [0.717, 1.165) is 49.1 Å². The summed E-state index contributed by atoms with van der Waals surface area (Å²) in [5.41, 5.74) is 0.946. The fraction of sp³-hybridized carbons (Fsp3) is 0.316. The Kier molecular flexibility index (Phi) is 5.16. The van der Waals surface area contributed by atoms with Crippen molar-refractivity contribution in [3.05, 3.63) is 59.7 Å². The van der Waals surface area contributed by atoms with Crippen molar-refractivity contribution in [2.45, 2.75) is 6.42 Å². The van der Waals surface area contributed by atoms with Crippen molar-refractivity contribution < 1.29 is 18.3 Å². The normalized spacial score (nSPS) is 16.8. The molecule has 1 fully saturated rings. The van der Waals surface area contributed by atoms with Gasteiger partial charge in [0, 0.05) is 37.5 Å². The lowest BCUT2D eigenvalue weighted by Crippen LogP contribution is -2.31. The first-order valence-electron chi connectivity index (χ1n) is 8.19. The standard InChI is InChI=1S/C19H20F2N2O2/c1-25-16-4-2-3-15(10-16)23-8-7-13(12-23)11-22-19(24)17-6-5-14(20)9-18(17)21/h2-6,9-10,13H,7-8,11-12H2,1H3,(H,22,24). The van der Waals surface area contributed by atoms with Crippen molar-refractivity contribution in [2.75, 3.05) is 31.6 Å². The largest absolute Gasteiger partial charge is 0.497 e. The van der Waals surface area contributed by atoms with Crippen LogP contribution in [0.4, 0.5) is 14.5 Å². The smallest absolute Gasteiger partial charge is 0.254 e. The molecule has 0 aliphatic carbocycles. The van der Waals surface area contributed by atoms with Crippen molar-refractivity contribution >= 4 is 11.6 Å². The first-order valence-corrected chi connectivity index (χ1v) is 8.19. The Morgan fingerprint density at radius 3 is 2.88 bits per heavy atom. The molecule has 1 atom stereocenters. The summed E-state index contributed by atoms with van der Waals surface area (Å²) in [6.07, 6.45) is 0.934. The molecule has 1 amide bonds. The Bertz CT molecular complexity index is 767. The van der Waals surface area contributed by atoms with Gasteiger partial charge in [0.1, 0.15) is 17.4 Å². The molecule has 1 heterocycles. The molecule has 0 aromatic heterocycles. The van der Waals surface area contributed by atoms with Gasteiger partial charge in [-0.15, -0.1) is 0 Å². The van der Waals surface area contributed by atoms with Crippen LogP contribution < -0.4 is 15.0 Å². The van der Waals surface area contributed by atoms with Crippen LogP contribution in [0.2, 0.25) is 0 Å². The summed E-state index contributed by atoms with van der Waals surface area (Å²) in [5.74, 6) is -0.974. The number of halogens is 2. The highest BCUT2D eigenvalue weighted by molar-refractivity contribution is 5.94. The number of carbonyl (C=O) groups excluding carboxylic acids is 1. The number of anilines is 1. The lowest BCUT2D eigenvalue weighted by atomic mass is 10.1. The van der Waals surface area contributed by atoms with E-state index in [2.05, 4.69) is 10.2 Å². The van der Waals surface area contributed by atoms with E-state index in [1.165, 1.54) is 0 Å². The summed E-state index contributed by atoms with van der Waals surface area (Å²) in [7, 11) is 1.63. The van der Waals surface area contributed by atoms with E-state index in [1.54, 1.807) is 7.11 Å². The number of nitrogens with zero attached hydrogens (tertiary/aromatic N) is 1. The molecule has 1 aliphatic rings. The fourth-order valence-corrected chi connectivity index (χ4v) is 3.05. The zero-order chi connectivity index (χ0) is 17.8. The van der Waals surface area contributed by atoms with Gasteiger partial charge in [-0.25, -0.2) is 8.78 Å². The third-order valence-corrected chi connectivity index (χ3v) is 4.43. The summed E-state index contributed by atoms with van der Waals surface area (Å²) in [6.45, 7) is 2.15. The van der Waals surface area contributed by atoms with Gasteiger partial charge < -0.3 is 15.0 Å². The lowest BCUT2D eigenvalue weighted by Gasteiger charge is -2.19. The predicted octanol–water partition coefficient (Wildman–Crippen LogP) is 3.23. The molecule has 1 aliphatic heterocycles. The molecular formula is C19H20F2N2O2. The minimum atomic E-state index is -0.845. The van der Waals surface area contributed by atoms with Crippen LogP contribution >= 0.6 is 0 Å². The molecule has 3 rings (SSSR count). The Morgan fingerprint density at radius 1 is 1.28 bits per heavy atom. The molecule has 4 nitrogen and oxygen atoms in total. The summed E-state index contributed by atoms with van der Waals surface area (Å²) in [6, 6.07) is 10.8. The average Bonchev–Trinajstić information content (AvgIpc) is 3.09. The number of methoxy groups -OCH3 is 1. The van der Waals surface area contributed by atoms with Crippen LogP contribution in [-0.2, 0) is 0 Å². The number of ether oxygens (including phenoxy) is 1.